The Labute approximate surface area is 129 Å². The maximum absolute atomic E-state index is 11.8. The van der Waals surface area contributed by atoms with Crippen LogP contribution in [0.3, 0.4) is 0 Å². The number of carboxylic acid groups (broad SMARTS) is 1. The Balaban J connectivity index is 0.00000116. The summed E-state index contributed by atoms with van der Waals surface area (Å²) in [4.78, 5) is 23.9. The molecule has 0 radical (unpaired) electrons. The summed E-state index contributed by atoms with van der Waals surface area (Å²) in [7, 11) is 1.50. The van der Waals surface area contributed by atoms with Gasteiger partial charge in [0.05, 0.1) is 13.2 Å². The second-order valence-corrected chi connectivity index (χ2v) is 4.51. The number of carboxylic acids is 1. The average Bonchev–Trinajstić information content (AvgIpc) is 2.57. The van der Waals surface area contributed by atoms with Gasteiger partial charge in [0.1, 0.15) is 5.75 Å². The molecule has 0 aromatic heterocycles. The highest BCUT2D eigenvalue weighted by molar-refractivity contribution is 5.70. The number of morpholine rings is 1. The minimum atomic E-state index is -0.826. The molecule has 0 aliphatic carbocycles. The van der Waals surface area contributed by atoms with Gasteiger partial charge in [-0.25, -0.2) is 4.79 Å². The minimum Gasteiger partial charge on any atom is -0.481 e. The Morgan fingerprint density at radius 3 is 2.36 bits per heavy atom. The minimum absolute atomic E-state index is 0.0902. The number of nitrogens with two attached hydrogens (primary N) is 1. The average molecular weight is 310 g/mol. The number of aliphatic carboxylic acids is 1. The van der Waals surface area contributed by atoms with E-state index in [-0.39, 0.29) is 12.5 Å². The fourth-order valence-electron chi connectivity index (χ4n) is 1.89. The number of benzene rings is 1. The lowest BCUT2D eigenvalue weighted by molar-refractivity contribution is -0.136. The van der Waals surface area contributed by atoms with Crippen LogP contribution in [-0.4, -0.2) is 55.4 Å². The Kier molecular flexibility index (Phi) is 7.95. The Hall–Kier alpha value is -2.12. The Morgan fingerprint density at radius 1 is 1.23 bits per heavy atom. The molecule has 1 aliphatic heterocycles. The van der Waals surface area contributed by atoms with Gasteiger partial charge in [0.15, 0.2) is 0 Å². The van der Waals surface area contributed by atoms with Crippen molar-refractivity contribution < 1.29 is 24.2 Å². The van der Waals surface area contributed by atoms with E-state index in [4.69, 9.17) is 14.6 Å². The van der Waals surface area contributed by atoms with Crippen LogP contribution in [-0.2, 0) is 16.0 Å². The van der Waals surface area contributed by atoms with E-state index < -0.39 is 5.97 Å². The van der Waals surface area contributed by atoms with E-state index in [9.17, 15) is 9.59 Å². The molecule has 0 saturated carbocycles. The molecule has 0 unspecified atom stereocenters. The van der Waals surface area contributed by atoms with E-state index in [2.05, 4.69) is 5.73 Å². The van der Waals surface area contributed by atoms with Gasteiger partial charge in [-0.1, -0.05) is 12.1 Å². The van der Waals surface area contributed by atoms with Crippen LogP contribution in [0.2, 0.25) is 0 Å². The van der Waals surface area contributed by atoms with Crippen molar-refractivity contribution in [3.8, 4) is 5.75 Å². The van der Waals surface area contributed by atoms with Gasteiger partial charge in [0, 0.05) is 19.5 Å². The molecule has 3 N–H and O–H groups in total. The zero-order valence-electron chi connectivity index (χ0n) is 12.7. The number of aryl methyl sites for hydroxylation is 1. The highest BCUT2D eigenvalue weighted by atomic mass is 16.6. The number of hydrogen-bond acceptors (Lipinski definition) is 5. The van der Waals surface area contributed by atoms with Crippen LogP contribution >= 0.6 is 0 Å². The summed E-state index contributed by atoms with van der Waals surface area (Å²) in [6, 6.07) is 6.89. The molecule has 1 amide bonds. The van der Waals surface area contributed by atoms with Gasteiger partial charge < -0.3 is 25.2 Å². The van der Waals surface area contributed by atoms with Crippen LogP contribution < -0.4 is 10.5 Å². The maximum atomic E-state index is 11.8. The summed E-state index contributed by atoms with van der Waals surface area (Å²) in [5, 5.41) is 8.61. The van der Waals surface area contributed by atoms with Crippen molar-refractivity contribution in [1.29, 1.82) is 0 Å². The van der Waals surface area contributed by atoms with E-state index in [1.54, 1.807) is 29.2 Å². The van der Waals surface area contributed by atoms with E-state index in [1.807, 2.05) is 0 Å². The molecule has 122 valence electrons. The van der Waals surface area contributed by atoms with Crippen LogP contribution in [0.4, 0.5) is 4.79 Å². The molecule has 7 heteroatoms. The zero-order valence-corrected chi connectivity index (χ0v) is 12.7. The highest BCUT2D eigenvalue weighted by Gasteiger charge is 2.18. The molecule has 22 heavy (non-hydrogen) atoms. The summed E-state index contributed by atoms with van der Waals surface area (Å²) in [5.41, 5.74) is 5.40. The molecule has 0 atom stereocenters. The standard InChI is InChI=1S/C14H17NO5.CH5N/c16-13(17)6-3-11-1-4-12(5-2-11)20-14(18)15-7-9-19-10-8-15;1-2/h1-2,4-5H,3,6-10H2,(H,16,17);2H2,1H3. The summed E-state index contributed by atoms with van der Waals surface area (Å²) in [6.45, 7) is 2.14. The SMILES string of the molecule is CN.O=C(O)CCc1ccc(OC(=O)N2CCOCC2)cc1. The van der Waals surface area contributed by atoms with Gasteiger partial charge >= 0.3 is 12.1 Å². The van der Waals surface area contributed by atoms with Gasteiger partial charge in [-0.2, -0.15) is 0 Å². The van der Waals surface area contributed by atoms with Crippen LogP contribution in [0.1, 0.15) is 12.0 Å². The first kappa shape index (κ1) is 17.9. The van der Waals surface area contributed by atoms with E-state index in [0.29, 0.717) is 38.5 Å². The third-order valence-electron chi connectivity index (χ3n) is 3.03. The molecular formula is C15H22N2O5. The number of carbonyl (C=O) groups excluding carboxylic acids is 1. The van der Waals surface area contributed by atoms with Gasteiger partial charge in [0.25, 0.3) is 0 Å². The van der Waals surface area contributed by atoms with E-state index in [0.717, 1.165) is 5.56 Å². The van der Waals surface area contributed by atoms with Crippen molar-refractivity contribution in [2.75, 3.05) is 33.4 Å². The molecule has 1 aromatic rings. The second kappa shape index (κ2) is 9.75. The maximum Gasteiger partial charge on any atom is 0.415 e. The predicted octanol–water partition coefficient (Wildman–Crippen LogP) is 1.11. The number of nitrogens with zero attached hydrogens (tertiary/aromatic N) is 1. The quantitative estimate of drug-likeness (QED) is 0.863. The number of carbonyl (C=O) groups is 2. The molecule has 0 spiro atoms. The van der Waals surface area contributed by atoms with Crippen LogP contribution in [0.15, 0.2) is 24.3 Å². The van der Waals surface area contributed by atoms with Gasteiger partial charge in [0.2, 0.25) is 0 Å². The van der Waals surface area contributed by atoms with Crippen LogP contribution in [0.25, 0.3) is 0 Å². The number of ether oxygens (including phenoxy) is 2. The number of rotatable bonds is 4. The second-order valence-electron chi connectivity index (χ2n) is 4.51. The predicted molar refractivity (Wildman–Crippen MR) is 80.9 cm³/mol. The first-order valence-electron chi connectivity index (χ1n) is 7.08. The van der Waals surface area contributed by atoms with Crippen LogP contribution in [0, 0.1) is 0 Å². The Morgan fingerprint density at radius 2 is 1.82 bits per heavy atom. The highest BCUT2D eigenvalue weighted by Crippen LogP contribution is 2.15. The van der Waals surface area contributed by atoms with E-state index >= 15 is 0 Å². The molecule has 1 fully saturated rings. The topological polar surface area (TPSA) is 102 Å². The molecule has 7 nitrogen and oxygen atoms in total. The summed E-state index contributed by atoms with van der Waals surface area (Å²) >= 11 is 0. The fourth-order valence-corrected chi connectivity index (χ4v) is 1.89. The Bertz CT molecular complexity index is 469. The summed E-state index contributed by atoms with van der Waals surface area (Å²) < 4.78 is 10.4. The van der Waals surface area contributed by atoms with Crippen molar-refractivity contribution in [1.82, 2.24) is 4.90 Å². The van der Waals surface area contributed by atoms with E-state index in [1.165, 1.54) is 7.05 Å². The summed E-state index contributed by atoms with van der Waals surface area (Å²) in [5.74, 6) is -0.367. The fraction of sp³-hybridized carbons (Fsp3) is 0.467. The van der Waals surface area contributed by atoms with Crippen molar-refractivity contribution in [2.24, 2.45) is 5.73 Å². The van der Waals surface area contributed by atoms with Crippen molar-refractivity contribution in [3.63, 3.8) is 0 Å². The van der Waals surface area contributed by atoms with Crippen molar-refractivity contribution in [3.05, 3.63) is 29.8 Å². The molecule has 2 rings (SSSR count). The lowest BCUT2D eigenvalue weighted by atomic mass is 10.1. The lowest BCUT2D eigenvalue weighted by Gasteiger charge is -2.25. The first-order valence-corrected chi connectivity index (χ1v) is 7.08. The first-order chi connectivity index (χ1) is 10.6. The van der Waals surface area contributed by atoms with Gasteiger partial charge in [-0.3, -0.25) is 4.79 Å². The molecule has 0 bridgehead atoms. The normalized spacial score (nSPS) is 13.8. The third-order valence-corrected chi connectivity index (χ3v) is 3.03. The van der Waals surface area contributed by atoms with Crippen LogP contribution in [0.5, 0.6) is 5.75 Å². The lowest BCUT2D eigenvalue weighted by Crippen LogP contribution is -2.42. The molecule has 1 saturated heterocycles. The van der Waals surface area contributed by atoms with Gasteiger partial charge in [-0.05, 0) is 31.2 Å². The number of hydrogen-bond donors (Lipinski definition) is 2. The summed E-state index contributed by atoms with van der Waals surface area (Å²) in [6.07, 6.45) is 0.173. The zero-order chi connectivity index (χ0) is 16.4. The van der Waals surface area contributed by atoms with Gasteiger partial charge in [-0.15, -0.1) is 0 Å². The molecular weight excluding hydrogens is 288 g/mol. The monoisotopic (exact) mass is 310 g/mol. The molecule has 1 aliphatic rings. The number of amides is 1. The smallest absolute Gasteiger partial charge is 0.415 e. The van der Waals surface area contributed by atoms with Crippen molar-refractivity contribution in [2.45, 2.75) is 12.8 Å². The molecule has 1 aromatic carbocycles. The third kappa shape index (κ3) is 6.11. The largest absolute Gasteiger partial charge is 0.481 e. The van der Waals surface area contributed by atoms with Crippen molar-refractivity contribution >= 4 is 12.1 Å². The molecule has 1 heterocycles.